The molecule has 3 nitrogen and oxygen atoms in total. The van der Waals surface area contributed by atoms with Crippen LogP contribution in [0.2, 0.25) is 0 Å². The summed E-state index contributed by atoms with van der Waals surface area (Å²) in [4.78, 5) is 4.30. The molecular formula is C12H9NO2. The quantitative estimate of drug-likeness (QED) is 0.604. The number of para-hydroxylation sites is 1. The van der Waals surface area contributed by atoms with Crippen molar-refractivity contribution in [3.63, 3.8) is 0 Å². The zero-order chi connectivity index (χ0) is 10.3. The zero-order valence-corrected chi connectivity index (χ0v) is 8.23. The molecule has 0 fully saturated rings. The van der Waals surface area contributed by atoms with Crippen molar-refractivity contribution in [1.29, 1.82) is 0 Å². The number of pyridine rings is 1. The number of ether oxygens (including phenoxy) is 1. The Morgan fingerprint density at radius 2 is 2.13 bits per heavy atom. The van der Waals surface area contributed by atoms with Crippen LogP contribution in [0, 0.1) is 0 Å². The first-order valence-corrected chi connectivity index (χ1v) is 4.70. The number of aromatic nitrogens is 1. The lowest BCUT2D eigenvalue weighted by Gasteiger charge is -1.97. The summed E-state index contributed by atoms with van der Waals surface area (Å²) in [5, 5.41) is 0.991. The Kier molecular flexibility index (Phi) is 1.65. The summed E-state index contributed by atoms with van der Waals surface area (Å²) in [5.74, 6) is 0.741. The van der Waals surface area contributed by atoms with Crippen LogP contribution >= 0.6 is 0 Å². The molecule has 0 spiro atoms. The van der Waals surface area contributed by atoms with Crippen LogP contribution < -0.4 is 4.74 Å². The number of methoxy groups -OCH3 is 1. The summed E-state index contributed by atoms with van der Waals surface area (Å²) in [7, 11) is 1.63. The van der Waals surface area contributed by atoms with Crippen molar-refractivity contribution in [2.45, 2.75) is 0 Å². The van der Waals surface area contributed by atoms with Crippen molar-refractivity contribution in [3.8, 4) is 5.75 Å². The molecule has 0 bridgehead atoms. The second-order valence-electron chi connectivity index (χ2n) is 3.29. The Hall–Kier alpha value is -2.03. The molecule has 0 saturated heterocycles. The standard InChI is InChI=1S/C12H9NO2/c1-14-10-5-2-4-8-11-9(15-12(8)10)6-3-7-13-11/h2-7H,1H3. The average Bonchev–Trinajstić information content (AvgIpc) is 2.67. The molecular weight excluding hydrogens is 190 g/mol. The van der Waals surface area contributed by atoms with E-state index in [4.69, 9.17) is 9.15 Å². The monoisotopic (exact) mass is 199 g/mol. The fourth-order valence-corrected chi connectivity index (χ4v) is 1.75. The van der Waals surface area contributed by atoms with E-state index in [1.54, 1.807) is 13.3 Å². The Labute approximate surface area is 86.3 Å². The summed E-state index contributed by atoms with van der Waals surface area (Å²) in [6.45, 7) is 0. The number of hydrogen-bond acceptors (Lipinski definition) is 3. The third-order valence-electron chi connectivity index (χ3n) is 2.44. The second-order valence-corrected chi connectivity index (χ2v) is 3.29. The fourth-order valence-electron chi connectivity index (χ4n) is 1.75. The highest BCUT2D eigenvalue weighted by Gasteiger charge is 2.10. The maximum absolute atomic E-state index is 5.69. The van der Waals surface area contributed by atoms with Crippen LogP contribution in [0.5, 0.6) is 5.75 Å². The lowest BCUT2D eigenvalue weighted by molar-refractivity contribution is 0.412. The first-order valence-electron chi connectivity index (χ1n) is 4.70. The van der Waals surface area contributed by atoms with Crippen LogP contribution in [0.3, 0.4) is 0 Å². The molecule has 3 aromatic rings. The van der Waals surface area contributed by atoms with Crippen molar-refractivity contribution in [3.05, 3.63) is 36.5 Å². The van der Waals surface area contributed by atoms with E-state index in [1.165, 1.54) is 0 Å². The summed E-state index contributed by atoms with van der Waals surface area (Å²) < 4.78 is 10.9. The van der Waals surface area contributed by atoms with Gasteiger partial charge in [-0.25, -0.2) is 0 Å². The Morgan fingerprint density at radius 3 is 3.00 bits per heavy atom. The summed E-state index contributed by atoms with van der Waals surface area (Å²) >= 11 is 0. The average molecular weight is 199 g/mol. The Bertz CT molecular complexity index is 628. The van der Waals surface area contributed by atoms with Crippen LogP contribution in [0.1, 0.15) is 0 Å². The summed E-state index contributed by atoms with van der Waals surface area (Å²) in [6.07, 6.45) is 1.76. The summed E-state index contributed by atoms with van der Waals surface area (Å²) in [5.41, 5.74) is 2.43. The topological polar surface area (TPSA) is 35.3 Å². The first-order chi connectivity index (χ1) is 7.40. The van der Waals surface area contributed by atoms with Gasteiger partial charge in [0.05, 0.1) is 12.5 Å². The van der Waals surface area contributed by atoms with Crippen molar-refractivity contribution >= 4 is 22.1 Å². The van der Waals surface area contributed by atoms with Gasteiger partial charge in [0.25, 0.3) is 0 Å². The van der Waals surface area contributed by atoms with Crippen LogP contribution in [0.15, 0.2) is 40.9 Å². The third kappa shape index (κ3) is 1.09. The van der Waals surface area contributed by atoms with E-state index in [-0.39, 0.29) is 0 Å². The van der Waals surface area contributed by atoms with E-state index >= 15 is 0 Å². The van der Waals surface area contributed by atoms with Gasteiger partial charge in [-0.2, -0.15) is 0 Å². The molecule has 0 saturated carbocycles. The van der Waals surface area contributed by atoms with Gasteiger partial charge in [0.1, 0.15) is 5.52 Å². The van der Waals surface area contributed by atoms with Gasteiger partial charge in [0, 0.05) is 6.20 Å². The van der Waals surface area contributed by atoms with E-state index in [0.29, 0.717) is 0 Å². The van der Waals surface area contributed by atoms with Crippen LogP contribution in [-0.2, 0) is 0 Å². The molecule has 3 heteroatoms. The molecule has 0 N–H and O–H groups in total. The normalized spacial score (nSPS) is 11.0. The highest BCUT2D eigenvalue weighted by molar-refractivity contribution is 6.04. The predicted molar refractivity (Wildman–Crippen MR) is 58.1 cm³/mol. The summed E-state index contributed by atoms with van der Waals surface area (Å²) in [6, 6.07) is 9.56. The van der Waals surface area contributed by atoms with Crippen molar-refractivity contribution < 1.29 is 9.15 Å². The minimum absolute atomic E-state index is 0.741. The number of furan rings is 1. The fraction of sp³-hybridized carbons (Fsp3) is 0.0833. The van der Waals surface area contributed by atoms with Gasteiger partial charge >= 0.3 is 0 Å². The van der Waals surface area contributed by atoms with Gasteiger partial charge in [-0.05, 0) is 24.3 Å². The maximum Gasteiger partial charge on any atom is 0.178 e. The van der Waals surface area contributed by atoms with Crippen molar-refractivity contribution in [1.82, 2.24) is 4.98 Å². The van der Waals surface area contributed by atoms with Gasteiger partial charge in [0.2, 0.25) is 0 Å². The number of benzene rings is 1. The van der Waals surface area contributed by atoms with E-state index in [0.717, 1.165) is 27.8 Å². The van der Waals surface area contributed by atoms with Gasteiger partial charge < -0.3 is 9.15 Å². The Balaban J connectivity index is 2.53. The smallest absolute Gasteiger partial charge is 0.178 e. The van der Waals surface area contributed by atoms with E-state index in [2.05, 4.69) is 4.98 Å². The van der Waals surface area contributed by atoms with Crippen LogP contribution in [0.4, 0.5) is 0 Å². The van der Waals surface area contributed by atoms with E-state index in [1.807, 2.05) is 30.3 Å². The lowest BCUT2D eigenvalue weighted by atomic mass is 10.2. The molecule has 0 aliphatic carbocycles. The molecule has 0 radical (unpaired) electrons. The predicted octanol–water partition coefficient (Wildman–Crippen LogP) is 2.99. The molecule has 0 unspecified atom stereocenters. The maximum atomic E-state index is 5.69. The molecule has 2 aromatic heterocycles. The van der Waals surface area contributed by atoms with Gasteiger partial charge in [-0.3, -0.25) is 4.98 Å². The van der Waals surface area contributed by atoms with Crippen molar-refractivity contribution in [2.24, 2.45) is 0 Å². The lowest BCUT2D eigenvalue weighted by Crippen LogP contribution is -1.81. The minimum Gasteiger partial charge on any atom is -0.493 e. The Morgan fingerprint density at radius 1 is 1.20 bits per heavy atom. The first kappa shape index (κ1) is 8.29. The van der Waals surface area contributed by atoms with E-state index < -0.39 is 0 Å². The van der Waals surface area contributed by atoms with Gasteiger partial charge in [-0.1, -0.05) is 6.07 Å². The molecule has 0 aliphatic rings. The second kappa shape index (κ2) is 2.98. The highest BCUT2D eigenvalue weighted by atomic mass is 16.5. The zero-order valence-electron chi connectivity index (χ0n) is 8.23. The SMILES string of the molecule is COc1cccc2c1oc1cccnc12. The number of rotatable bonds is 1. The van der Waals surface area contributed by atoms with Crippen molar-refractivity contribution in [2.75, 3.05) is 7.11 Å². The van der Waals surface area contributed by atoms with E-state index in [9.17, 15) is 0 Å². The number of fused-ring (bicyclic) bond motifs is 3. The molecule has 15 heavy (non-hydrogen) atoms. The molecule has 3 rings (SSSR count). The molecule has 0 aliphatic heterocycles. The number of nitrogens with zero attached hydrogens (tertiary/aromatic N) is 1. The minimum atomic E-state index is 0.741. The molecule has 0 atom stereocenters. The molecule has 1 aromatic carbocycles. The van der Waals surface area contributed by atoms with Gasteiger partial charge in [-0.15, -0.1) is 0 Å². The third-order valence-corrected chi connectivity index (χ3v) is 2.44. The molecule has 0 amide bonds. The van der Waals surface area contributed by atoms with Gasteiger partial charge in [0.15, 0.2) is 16.9 Å². The van der Waals surface area contributed by atoms with Crippen LogP contribution in [0.25, 0.3) is 22.1 Å². The molecule has 2 heterocycles. The van der Waals surface area contributed by atoms with Crippen LogP contribution in [-0.4, -0.2) is 12.1 Å². The molecule has 74 valence electrons. The number of hydrogen-bond donors (Lipinski definition) is 0. The highest BCUT2D eigenvalue weighted by Crippen LogP contribution is 2.32. The largest absolute Gasteiger partial charge is 0.493 e.